The summed E-state index contributed by atoms with van der Waals surface area (Å²) in [6, 6.07) is 9.08. The number of rotatable bonds is 2. The first-order chi connectivity index (χ1) is 8.57. The summed E-state index contributed by atoms with van der Waals surface area (Å²) in [5.41, 5.74) is 0.539. The van der Waals surface area contributed by atoms with Crippen molar-refractivity contribution in [2.75, 3.05) is 18.6 Å². The molecule has 0 aliphatic carbocycles. The predicted molar refractivity (Wildman–Crippen MR) is 68.2 cm³/mol. The summed E-state index contributed by atoms with van der Waals surface area (Å²) in [5.74, 6) is -0.0601. The van der Waals surface area contributed by atoms with Gasteiger partial charge in [-0.2, -0.15) is 5.26 Å². The number of ether oxygens (including phenoxy) is 1. The summed E-state index contributed by atoms with van der Waals surface area (Å²) in [6.45, 7) is 2.46. The van der Waals surface area contributed by atoms with E-state index in [0.29, 0.717) is 12.2 Å². The molecule has 1 saturated heterocycles. The number of carbonyl (C=O) groups is 1. The van der Waals surface area contributed by atoms with E-state index in [0.717, 1.165) is 18.5 Å². The van der Waals surface area contributed by atoms with E-state index in [1.54, 1.807) is 30.1 Å². The fraction of sp³-hybridized carbons (Fsp3) is 0.429. The van der Waals surface area contributed by atoms with E-state index in [9.17, 15) is 4.79 Å². The van der Waals surface area contributed by atoms with Crippen molar-refractivity contribution >= 4 is 11.6 Å². The van der Waals surface area contributed by atoms with Crippen molar-refractivity contribution in [3.05, 3.63) is 29.8 Å². The average Bonchev–Trinajstić information content (AvgIpc) is 2.85. The van der Waals surface area contributed by atoms with Gasteiger partial charge in [0.2, 0.25) is 0 Å². The Bertz CT molecular complexity index is 499. The summed E-state index contributed by atoms with van der Waals surface area (Å²) in [5, 5.41) is 8.87. The third kappa shape index (κ3) is 2.22. The standard InChI is InChI=1S/C14H16N2O2/c1-14(7-4-8-18-14)13(17)16(2)12-6-3-5-11(9-12)10-15/h3,5-6,9H,4,7-8H2,1-2H3. The maximum absolute atomic E-state index is 12.4. The lowest BCUT2D eigenvalue weighted by Crippen LogP contribution is -2.45. The van der Waals surface area contributed by atoms with Crippen LogP contribution in [0.15, 0.2) is 24.3 Å². The van der Waals surface area contributed by atoms with E-state index in [1.807, 2.05) is 13.0 Å². The van der Waals surface area contributed by atoms with Gasteiger partial charge >= 0.3 is 0 Å². The van der Waals surface area contributed by atoms with Crippen LogP contribution >= 0.6 is 0 Å². The second-order valence-electron chi connectivity index (χ2n) is 4.71. The molecule has 0 N–H and O–H groups in total. The molecule has 1 unspecified atom stereocenters. The second kappa shape index (κ2) is 4.79. The smallest absolute Gasteiger partial charge is 0.258 e. The minimum Gasteiger partial charge on any atom is -0.365 e. The first-order valence-electron chi connectivity index (χ1n) is 5.99. The van der Waals surface area contributed by atoms with Crippen molar-refractivity contribution < 1.29 is 9.53 Å². The van der Waals surface area contributed by atoms with Gasteiger partial charge in [-0.25, -0.2) is 0 Å². The van der Waals surface area contributed by atoms with Crippen LogP contribution in [-0.2, 0) is 9.53 Å². The Kier molecular flexibility index (Phi) is 3.35. The fourth-order valence-corrected chi connectivity index (χ4v) is 2.20. The molecule has 2 rings (SSSR count). The van der Waals surface area contributed by atoms with E-state index in [1.165, 1.54) is 0 Å². The quantitative estimate of drug-likeness (QED) is 0.800. The van der Waals surface area contributed by atoms with Crippen molar-refractivity contribution in [1.82, 2.24) is 0 Å². The Morgan fingerprint density at radius 1 is 1.56 bits per heavy atom. The molecular formula is C14H16N2O2. The van der Waals surface area contributed by atoms with E-state index in [2.05, 4.69) is 6.07 Å². The lowest BCUT2D eigenvalue weighted by molar-refractivity contribution is -0.136. The largest absolute Gasteiger partial charge is 0.365 e. The van der Waals surface area contributed by atoms with Crippen molar-refractivity contribution in [3.63, 3.8) is 0 Å². The molecule has 0 saturated carbocycles. The lowest BCUT2D eigenvalue weighted by Gasteiger charge is -2.28. The Labute approximate surface area is 107 Å². The highest BCUT2D eigenvalue weighted by molar-refractivity contribution is 5.99. The third-order valence-corrected chi connectivity index (χ3v) is 3.34. The third-order valence-electron chi connectivity index (χ3n) is 3.34. The van der Waals surface area contributed by atoms with Gasteiger partial charge in [0.15, 0.2) is 0 Å². The van der Waals surface area contributed by atoms with Crippen molar-refractivity contribution in [3.8, 4) is 6.07 Å². The molecule has 4 heteroatoms. The summed E-state index contributed by atoms with van der Waals surface area (Å²) in [6.07, 6.45) is 1.66. The van der Waals surface area contributed by atoms with E-state index in [4.69, 9.17) is 10.00 Å². The summed E-state index contributed by atoms with van der Waals surface area (Å²) < 4.78 is 5.55. The normalized spacial score (nSPS) is 22.5. The Hall–Kier alpha value is -1.86. The number of anilines is 1. The van der Waals surface area contributed by atoms with Crippen LogP contribution in [0.25, 0.3) is 0 Å². The van der Waals surface area contributed by atoms with Crippen LogP contribution in [0.5, 0.6) is 0 Å². The number of nitriles is 1. The van der Waals surface area contributed by atoms with Crippen LogP contribution in [0.1, 0.15) is 25.3 Å². The van der Waals surface area contributed by atoms with Crippen LogP contribution in [0.4, 0.5) is 5.69 Å². The minimum atomic E-state index is -0.725. The van der Waals surface area contributed by atoms with Gasteiger partial charge in [-0.1, -0.05) is 6.07 Å². The number of carbonyl (C=O) groups excluding carboxylic acids is 1. The highest BCUT2D eigenvalue weighted by atomic mass is 16.5. The van der Waals surface area contributed by atoms with E-state index < -0.39 is 5.60 Å². The van der Waals surface area contributed by atoms with Gasteiger partial charge < -0.3 is 9.64 Å². The zero-order chi connectivity index (χ0) is 13.2. The molecule has 0 aromatic heterocycles. The predicted octanol–water partition coefficient (Wildman–Crippen LogP) is 2.09. The Morgan fingerprint density at radius 2 is 2.33 bits per heavy atom. The first-order valence-corrected chi connectivity index (χ1v) is 5.99. The van der Waals surface area contributed by atoms with E-state index >= 15 is 0 Å². The Balaban J connectivity index is 2.23. The van der Waals surface area contributed by atoms with Gasteiger partial charge in [0.05, 0.1) is 11.6 Å². The molecule has 1 aromatic rings. The van der Waals surface area contributed by atoms with Gasteiger partial charge in [0.25, 0.3) is 5.91 Å². The minimum absolute atomic E-state index is 0.0601. The molecule has 1 aliphatic rings. The zero-order valence-corrected chi connectivity index (χ0v) is 10.6. The SMILES string of the molecule is CN(C(=O)C1(C)CCCO1)c1cccc(C#N)c1. The number of nitrogens with zero attached hydrogens (tertiary/aromatic N) is 2. The topological polar surface area (TPSA) is 53.3 Å². The number of hydrogen-bond acceptors (Lipinski definition) is 3. The van der Waals surface area contributed by atoms with Gasteiger partial charge in [0.1, 0.15) is 5.60 Å². The highest BCUT2D eigenvalue weighted by Gasteiger charge is 2.40. The summed E-state index contributed by atoms with van der Waals surface area (Å²) in [4.78, 5) is 13.9. The first kappa shape index (κ1) is 12.6. The van der Waals surface area contributed by atoms with Crippen molar-refractivity contribution in [2.24, 2.45) is 0 Å². The summed E-state index contributed by atoms with van der Waals surface area (Å²) >= 11 is 0. The molecule has 0 spiro atoms. The molecule has 18 heavy (non-hydrogen) atoms. The zero-order valence-electron chi connectivity index (χ0n) is 10.6. The second-order valence-corrected chi connectivity index (χ2v) is 4.71. The van der Waals surface area contributed by atoms with Gasteiger partial charge in [-0.15, -0.1) is 0 Å². The molecular weight excluding hydrogens is 228 g/mol. The number of likely N-dealkylation sites (N-methyl/N-ethyl adjacent to an activating group) is 1. The lowest BCUT2D eigenvalue weighted by atomic mass is 10.0. The highest BCUT2D eigenvalue weighted by Crippen LogP contribution is 2.29. The molecule has 1 aliphatic heterocycles. The van der Waals surface area contributed by atoms with Crippen LogP contribution in [-0.4, -0.2) is 25.2 Å². The fourth-order valence-electron chi connectivity index (χ4n) is 2.20. The monoisotopic (exact) mass is 244 g/mol. The molecule has 4 nitrogen and oxygen atoms in total. The maximum atomic E-state index is 12.4. The maximum Gasteiger partial charge on any atom is 0.258 e. The van der Waals surface area contributed by atoms with Crippen LogP contribution in [0, 0.1) is 11.3 Å². The molecule has 0 radical (unpaired) electrons. The van der Waals surface area contributed by atoms with E-state index in [-0.39, 0.29) is 5.91 Å². The van der Waals surface area contributed by atoms with Gasteiger partial charge in [-0.05, 0) is 38.0 Å². The number of hydrogen-bond donors (Lipinski definition) is 0. The number of benzene rings is 1. The van der Waals surface area contributed by atoms with Crippen LogP contribution in [0.3, 0.4) is 0 Å². The van der Waals surface area contributed by atoms with Crippen molar-refractivity contribution in [2.45, 2.75) is 25.4 Å². The van der Waals surface area contributed by atoms with Gasteiger partial charge in [-0.3, -0.25) is 4.79 Å². The summed E-state index contributed by atoms with van der Waals surface area (Å²) in [7, 11) is 1.71. The van der Waals surface area contributed by atoms with Gasteiger partial charge in [0, 0.05) is 19.3 Å². The molecule has 94 valence electrons. The molecule has 1 aromatic carbocycles. The molecule has 1 heterocycles. The molecule has 1 fully saturated rings. The average molecular weight is 244 g/mol. The van der Waals surface area contributed by atoms with Crippen molar-refractivity contribution in [1.29, 1.82) is 5.26 Å². The number of amides is 1. The molecule has 1 amide bonds. The van der Waals surface area contributed by atoms with Crippen LogP contribution in [0.2, 0.25) is 0 Å². The molecule has 1 atom stereocenters. The van der Waals surface area contributed by atoms with Crippen LogP contribution < -0.4 is 4.90 Å². The Morgan fingerprint density at radius 3 is 2.94 bits per heavy atom. The molecule has 0 bridgehead atoms.